The average Bonchev–Trinajstić information content (AvgIpc) is 3.37. The lowest BCUT2D eigenvalue weighted by molar-refractivity contribution is -0.143. The molecule has 3 aliphatic heterocycles. The number of unbranched alkanes of at least 4 members (excludes halogenated alkanes) is 1. The Bertz CT molecular complexity index is 1080. The van der Waals surface area contributed by atoms with E-state index in [1.165, 1.54) is 17.7 Å². The highest BCUT2D eigenvalue weighted by atomic mass is 19.1. The van der Waals surface area contributed by atoms with E-state index in [1.54, 1.807) is 6.07 Å². The van der Waals surface area contributed by atoms with Crippen LogP contribution in [0.15, 0.2) is 30.3 Å². The largest absolute Gasteiger partial charge is 0.480 e. The van der Waals surface area contributed by atoms with Gasteiger partial charge in [-0.2, -0.15) is 0 Å². The van der Waals surface area contributed by atoms with Gasteiger partial charge in [0.2, 0.25) is 0 Å². The molecular formula is C29H38FN3O4. The molecule has 37 heavy (non-hydrogen) atoms. The Kier molecular flexibility index (Phi) is 8.69. The second-order valence-corrected chi connectivity index (χ2v) is 10.4. The second kappa shape index (κ2) is 12.3. The van der Waals surface area contributed by atoms with Crippen molar-refractivity contribution in [1.82, 2.24) is 9.88 Å². The maximum atomic E-state index is 14.3. The van der Waals surface area contributed by atoms with Crippen LogP contribution >= 0.6 is 0 Å². The molecule has 3 atom stereocenters. The first-order valence-electron chi connectivity index (χ1n) is 13.8. The van der Waals surface area contributed by atoms with Crippen LogP contribution in [0.1, 0.15) is 79.5 Å². The van der Waals surface area contributed by atoms with Crippen LogP contribution in [0.4, 0.5) is 10.2 Å². The van der Waals surface area contributed by atoms with Gasteiger partial charge < -0.3 is 19.9 Å². The van der Waals surface area contributed by atoms with Crippen molar-refractivity contribution in [2.24, 2.45) is 0 Å². The maximum Gasteiger partial charge on any atom is 0.325 e. The fraction of sp³-hybridized carbons (Fsp3) is 0.586. The molecule has 1 aromatic heterocycles. The van der Waals surface area contributed by atoms with E-state index < -0.39 is 17.8 Å². The molecule has 4 heterocycles. The molecule has 0 amide bonds. The number of carboxylic acids is 1. The number of ether oxygens (including phenoxy) is 2. The first kappa shape index (κ1) is 26.1. The summed E-state index contributed by atoms with van der Waals surface area (Å²) < 4.78 is 26.3. The van der Waals surface area contributed by atoms with E-state index in [4.69, 9.17) is 14.5 Å². The van der Waals surface area contributed by atoms with Gasteiger partial charge in [-0.25, -0.2) is 9.37 Å². The topological polar surface area (TPSA) is 83.9 Å². The molecule has 0 spiro atoms. The number of carbonyl (C=O) groups is 1. The van der Waals surface area contributed by atoms with Crippen LogP contribution in [0.25, 0.3) is 0 Å². The molecule has 0 bridgehead atoms. The zero-order valence-electron chi connectivity index (χ0n) is 21.5. The molecule has 2 N–H and O–H groups in total. The number of pyridine rings is 1. The number of aliphatic carboxylic acids is 1. The highest BCUT2D eigenvalue weighted by Gasteiger charge is 2.36. The quantitative estimate of drug-likeness (QED) is 0.432. The van der Waals surface area contributed by atoms with Crippen molar-refractivity contribution in [3.05, 3.63) is 58.5 Å². The SMILES string of the molecule is O=C(O)C(c1cc(F)ccc1[C@H]1CCCCO1)N1CC[C@@H](OCCCCc2ccc3c(n2)NCCC3)C1. The molecular weight excluding hydrogens is 473 g/mol. The van der Waals surface area contributed by atoms with E-state index >= 15 is 0 Å². The Labute approximate surface area is 218 Å². The number of aryl methyl sites for hydroxylation is 2. The van der Waals surface area contributed by atoms with Crippen molar-refractivity contribution in [1.29, 1.82) is 0 Å². The van der Waals surface area contributed by atoms with Gasteiger partial charge in [-0.3, -0.25) is 9.69 Å². The molecule has 5 rings (SSSR count). The molecule has 7 nitrogen and oxygen atoms in total. The summed E-state index contributed by atoms with van der Waals surface area (Å²) in [6, 6.07) is 7.90. The molecule has 0 saturated carbocycles. The van der Waals surface area contributed by atoms with E-state index in [2.05, 4.69) is 17.4 Å². The van der Waals surface area contributed by atoms with Crippen molar-refractivity contribution in [3.8, 4) is 0 Å². The zero-order valence-corrected chi connectivity index (χ0v) is 21.5. The lowest BCUT2D eigenvalue weighted by atomic mass is 9.92. The molecule has 2 aromatic rings. The number of nitrogens with one attached hydrogen (secondary N) is 1. The summed E-state index contributed by atoms with van der Waals surface area (Å²) in [5.41, 5.74) is 3.72. The minimum absolute atomic E-state index is 0.0177. The molecule has 200 valence electrons. The summed E-state index contributed by atoms with van der Waals surface area (Å²) in [5.74, 6) is -0.345. The van der Waals surface area contributed by atoms with Gasteiger partial charge in [0.15, 0.2) is 0 Å². The highest BCUT2D eigenvalue weighted by Crippen LogP contribution is 2.36. The van der Waals surface area contributed by atoms with E-state index in [0.29, 0.717) is 31.9 Å². The fourth-order valence-electron chi connectivity index (χ4n) is 5.84. The lowest BCUT2D eigenvalue weighted by Crippen LogP contribution is -2.34. The molecule has 3 aliphatic rings. The van der Waals surface area contributed by atoms with Crippen molar-refractivity contribution in [2.75, 3.05) is 38.2 Å². The van der Waals surface area contributed by atoms with Gasteiger partial charge in [-0.15, -0.1) is 0 Å². The lowest BCUT2D eigenvalue weighted by Gasteiger charge is -2.30. The first-order valence-corrected chi connectivity index (χ1v) is 13.8. The van der Waals surface area contributed by atoms with E-state index in [0.717, 1.165) is 81.4 Å². The van der Waals surface area contributed by atoms with Gasteiger partial charge in [0.1, 0.15) is 17.7 Å². The monoisotopic (exact) mass is 511 g/mol. The van der Waals surface area contributed by atoms with Crippen molar-refractivity contribution in [3.63, 3.8) is 0 Å². The Morgan fingerprint density at radius 2 is 2.14 bits per heavy atom. The summed E-state index contributed by atoms with van der Waals surface area (Å²) in [6.45, 7) is 3.41. The predicted molar refractivity (Wildman–Crippen MR) is 139 cm³/mol. The summed E-state index contributed by atoms with van der Waals surface area (Å²) >= 11 is 0. The number of halogens is 1. The van der Waals surface area contributed by atoms with Gasteiger partial charge in [-0.05, 0) is 92.7 Å². The highest BCUT2D eigenvalue weighted by molar-refractivity contribution is 5.76. The molecule has 1 unspecified atom stereocenters. The first-order chi connectivity index (χ1) is 18.1. The Morgan fingerprint density at radius 1 is 1.22 bits per heavy atom. The van der Waals surface area contributed by atoms with Crippen LogP contribution in [0.5, 0.6) is 0 Å². The van der Waals surface area contributed by atoms with Gasteiger partial charge in [0.25, 0.3) is 0 Å². The number of nitrogens with zero attached hydrogens (tertiary/aromatic N) is 2. The number of hydrogen-bond donors (Lipinski definition) is 2. The average molecular weight is 512 g/mol. The summed E-state index contributed by atoms with van der Waals surface area (Å²) in [6.07, 6.45) is 8.53. The number of rotatable bonds is 10. The van der Waals surface area contributed by atoms with Crippen molar-refractivity contribution in [2.45, 2.75) is 76.0 Å². The number of benzene rings is 1. The van der Waals surface area contributed by atoms with Crippen LogP contribution in [0, 0.1) is 5.82 Å². The van der Waals surface area contributed by atoms with Crippen molar-refractivity contribution < 1.29 is 23.8 Å². The molecule has 2 fully saturated rings. The van der Waals surface area contributed by atoms with Crippen LogP contribution in [0.2, 0.25) is 0 Å². The molecule has 2 saturated heterocycles. The van der Waals surface area contributed by atoms with Crippen LogP contribution in [-0.2, 0) is 27.1 Å². The predicted octanol–water partition coefficient (Wildman–Crippen LogP) is 5.06. The van der Waals surface area contributed by atoms with Crippen molar-refractivity contribution >= 4 is 11.8 Å². The van der Waals surface area contributed by atoms with Crippen LogP contribution < -0.4 is 5.32 Å². The standard InChI is InChI=1S/C29H38FN3O4/c30-21-10-12-24(26-8-2-4-17-37-26)25(18-21)27(29(34)35)33-15-13-23(19-33)36-16-3-1-7-22-11-9-20-6-5-14-31-28(20)32-22/h9-12,18,23,26-27H,1-8,13-17,19H2,(H,31,32)(H,34,35)/t23-,26-,27?/m1/s1. The Hall–Kier alpha value is -2.55. The Balaban J connectivity index is 1.13. The van der Waals surface area contributed by atoms with E-state index in [9.17, 15) is 14.3 Å². The molecule has 0 radical (unpaired) electrons. The number of aromatic nitrogens is 1. The maximum absolute atomic E-state index is 14.3. The second-order valence-electron chi connectivity index (χ2n) is 10.4. The number of hydrogen-bond acceptors (Lipinski definition) is 6. The molecule has 0 aliphatic carbocycles. The minimum Gasteiger partial charge on any atom is -0.480 e. The fourth-order valence-corrected chi connectivity index (χ4v) is 5.84. The third-order valence-electron chi connectivity index (χ3n) is 7.78. The number of anilines is 1. The summed E-state index contributed by atoms with van der Waals surface area (Å²) in [5, 5.41) is 13.5. The summed E-state index contributed by atoms with van der Waals surface area (Å²) in [4.78, 5) is 19.1. The molecule has 1 aromatic carbocycles. The van der Waals surface area contributed by atoms with Gasteiger partial charge in [-0.1, -0.05) is 12.1 Å². The molecule has 8 heteroatoms. The van der Waals surface area contributed by atoms with Gasteiger partial charge in [0, 0.05) is 38.5 Å². The van der Waals surface area contributed by atoms with E-state index in [1.807, 2.05) is 4.90 Å². The third-order valence-corrected chi connectivity index (χ3v) is 7.78. The number of likely N-dealkylation sites (tertiary alicyclic amines) is 1. The zero-order chi connectivity index (χ0) is 25.6. The Morgan fingerprint density at radius 3 is 2.97 bits per heavy atom. The normalized spacial score (nSPS) is 22.8. The smallest absolute Gasteiger partial charge is 0.325 e. The van der Waals surface area contributed by atoms with Crippen LogP contribution in [0.3, 0.4) is 0 Å². The summed E-state index contributed by atoms with van der Waals surface area (Å²) in [7, 11) is 0. The van der Waals surface area contributed by atoms with E-state index in [-0.39, 0.29) is 12.2 Å². The van der Waals surface area contributed by atoms with Gasteiger partial charge >= 0.3 is 5.97 Å². The van der Waals surface area contributed by atoms with Gasteiger partial charge in [0.05, 0.1) is 12.2 Å². The minimum atomic E-state index is -0.963. The van der Waals surface area contributed by atoms with Crippen LogP contribution in [-0.4, -0.2) is 59.9 Å². The number of fused-ring (bicyclic) bond motifs is 1. The number of carboxylic acid groups (broad SMARTS) is 1. The third kappa shape index (κ3) is 6.48.